The Kier molecular flexibility index (Phi) is 5.95. The highest BCUT2D eigenvalue weighted by Crippen LogP contribution is 2.37. The van der Waals surface area contributed by atoms with Gasteiger partial charge in [-0.05, 0) is 18.2 Å². The molecule has 3 rings (SSSR count). The highest BCUT2D eigenvalue weighted by molar-refractivity contribution is 6.07. The lowest BCUT2D eigenvalue weighted by Gasteiger charge is -2.07. The number of carbonyl (C=O) groups excluding carboxylic acids is 2. The van der Waals surface area contributed by atoms with Crippen LogP contribution >= 0.6 is 0 Å². The summed E-state index contributed by atoms with van der Waals surface area (Å²) in [6.07, 6.45) is 0. The van der Waals surface area contributed by atoms with Crippen LogP contribution in [0.4, 0.5) is 10.1 Å². The van der Waals surface area contributed by atoms with Crippen LogP contribution < -0.4 is 4.74 Å². The molecule has 0 aliphatic carbocycles. The Balaban J connectivity index is 2.41. The fourth-order valence-electron chi connectivity index (χ4n) is 3.01. The van der Waals surface area contributed by atoms with E-state index in [2.05, 4.69) is 5.10 Å². The van der Waals surface area contributed by atoms with Gasteiger partial charge in [0.05, 0.1) is 31.9 Å². The van der Waals surface area contributed by atoms with Gasteiger partial charge in [0.15, 0.2) is 11.5 Å². The van der Waals surface area contributed by atoms with Crippen LogP contribution in [-0.2, 0) is 9.47 Å². The summed E-state index contributed by atoms with van der Waals surface area (Å²) in [7, 11) is 3.29. The van der Waals surface area contributed by atoms with Gasteiger partial charge in [-0.3, -0.25) is 10.1 Å². The summed E-state index contributed by atoms with van der Waals surface area (Å²) in [4.78, 5) is 35.7. The number of rotatable bonds is 6. The van der Waals surface area contributed by atoms with Crippen LogP contribution in [-0.4, -0.2) is 48.0 Å². The Bertz CT molecular complexity index is 1180. The number of benzene rings is 2. The molecule has 0 bridgehead atoms. The minimum Gasteiger partial charge on any atom is -0.488 e. The molecular weight excluding hydrogens is 413 g/mol. The van der Waals surface area contributed by atoms with E-state index in [0.717, 1.165) is 38.1 Å². The number of methoxy groups -OCH3 is 3. The van der Waals surface area contributed by atoms with Gasteiger partial charge in [0.1, 0.15) is 11.3 Å². The zero-order valence-corrected chi connectivity index (χ0v) is 16.6. The van der Waals surface area contributed by atoms with Gasteiger partial charge >= 0.3 is 17.6 Å². The second kappa shape index (κ2) is 8.61. The first-order valence-corrected chi connectivity index (χ1v) is 8.71. The largest absolute Gasteiger partial charge is 0.488 e. The number of nitro benzene ring substituents is 1. The van der Waals surface area contributed by atoms with Crippen molar-refractivity contribution in [2.24, 2.45) is 0 Å². The Morgan fingerprint density at radius 2 is 1.71 bits per heavy atom. The molecule has 0 fully saturated rings. The standard InChI is InChI=1S/C20H16FN3O7/c1-29-18-13(21)9-11(10-14(18)24(27)28)16-15(19(25)30-2)17(20(26)31-3)23(22-16)12-7-5-4-6-8-12/h4-10H,1-3H3. The summed E-state index contributed by atoms with van der Waals surface area (Å²) < 4.78 is 30.0. The zero-order chi connectivity index (χ0) is 22.7. The van der Waals surface area contributed by atoms with E-state index < -0.39 is 34.1 Å². The van der Waals surface area contributed by atoms with Crippen LogP contribution in [0.1, 0.15) is 20.8 Å². The zero-order valence-electron chi connectivity index (χ0n) is 16.6. The first-order valence-electron chi connectivity index (χ1n) is 8.71. The molecule has 31 heavy (non-hydrogen) atoms. The van der Waals surface area contributed by atoms with Crippen LogP contribution in [0.2, 0.25) is 0 Å². The number of carbonyl (C=O) groups is 2. The number of ether oxygens (including phenoxy) is 3. The molecule has 0 atom stereocenters. The van der Waals surface area contributed by atoms with Gasteiger partial charge in [-0.25, -0.2) is 18.7 Å². The maximum absolute atomic E-state index is 14.6. The van der Waals surface area contributed by atoms with E-state index in [4.69, 9.17) is 14.2 Å². The lowest BCUT2D eigenvalue weighted by atomic mass is 10.0. The molecule has 0 aliphatic rings. The quantitative estimate of drug-likeness (QED) is 0.333. The molecule has 0 amide bonds. The van der Waals surface area contributed by atoms with Crippen LogP contribution in [0.15, 0.2) is 42.5 Å². The van der Waals surface area contributed by atoms with Crippen molar-refractivity contribution in [2.75, 3.05) is 21.3 Å². The number of nitro groups is 1. The topological polar surface area (TPSA) is 123 Å². The highest BCUT2D eigenvalue weighted by atomic mass is 19.1. The first kappa shape index (κ1) is 21.4. The Labute approximate surface area is 174 Å². The van der Waals surface area contributed by atoms with Crippen molar-refractivity contribution >= 4 is 17.6 Å². The van der Waals surface area contributed by atoms with Gasteiger partial charge in [0, 0.05) is 11.6 Å². The summed E-state index contributed by atoms with van der Waals surface area (Å²) in [5.74, 6) is -3.50. The Morgan fingerprint density at radius 1 is 1.06 bits per heavy atom. The van der Waals surface area contributed by atoms with E-state index in [9.17, 15) is 24.1 Å². The molecule has 0 saturated heterocycles. The lowest BCUT2D eigenvalue weighted by molar-refractivity contribution is -0.385. The van der Waals surface area contributed by atoms with Crippen LogP contribution in [0.5, 0.6) is 5.75 Å². The number of aromatic nitrogens is 2. The fourth-order valence-corrected chi connectivity index (χ4v) is 3.01. The molecule has 0 unspecified atom stereocenters. The molecule has 10 nitrogen and oxygen atoms in total. The SMILES string of the molecule is COC(=O)c1c(-c2cc(F)c(OC)c([N+](=O)[O-])c2)nn(-c2ccccc2)c1C(=O)OC. The van der Waals surface area contributed by atoms with Gasteiger partial charge in [-0.15, -0.1) is 0 Å². The predicted molar refractivity (Wildman–Crippen MR) is 105 cm³/mol. The molecule has 11 heteroatoms. The third kappa shape index (κ3) is 3.80. The molecule has 1 heterocycles. The van der Waals surface area contributed by atoms with Crippen LogP contribution in [0, 0.1) is 15.9 Å². The van der Waals surface area contributed by atoms with Crippen LogP contribution in [0.25, 0.3) is 16.9 Å². The number of para-hydroxylation sites is 1. The van der Waals surface area contributed by atoms with E-state index in [0.29, 0.717) is 5.69 Å². The van der Waals surface area contributed by atoms with Crippen molar-refractivity contribution in [3.63, 3.8) is 0 Å². The fraction of sp³-hybridized carbons (Fsp3) is 0.150. The number of hydrogen-bond acceptors (Lipinski definition) is 8. The maximum Gasteiger partial charge on any atom is 0.357 e. The minimum absolute atomic E-state index is 0.134. The molecule has 160 valence electrons. The summed E-state index contributed by atoms with van der Waals surface area (Å²) in [6, 6.07) is 10.2. The molecule has 3 aromatic rings. The smallest absolute Gasteiger partial charge is 0.357 e. The average molecular weight is 429 g/mol. The molecule has 0 saturated carbocycles. The van der Waals surface area contributed by atoms with Crippen molar-refractivity contribution in [2.45, 2.75) is 0 Å². The normalized spacial score (nSPS) is 10.5. The molecule has 0 radical (unpaired) electrons. The number of nitrogens with zero attached hydrogens (tertiary/aromatic N) is 3. The van der Waals surface area contributed by atoms with Gasteiger partial charge in [0.2, 0.25) is 5.75 Å². The van der Waals surface area contributed by atoms with Gasteiger partial charge in [-0.1, -0.05) is 18.2 Å². The molecule has 0 aliphatic heterocycles. The van der Waals surface area contributed by atoms with Crippen molar-refractivity contribution in [3.05, 3.63) is 69.7 Å². The van der Waals surface area contributed by atoms with E-state index in [1.54, 1.807) is 30.3 Å². The van der Waals surface area contributed by atoms with Crippen LogP contribution in [0.3, 0.4) is 0 Å². The van der Waals surface area contributed by atoms with Crippen molar-refractivity contribution in [3.8, 4) is 22.7 Å². The molecule has 2 aromatic carbocycles. The Morgan fingerprint density at radius 3 is 2.26 bits per heavy atom. The van der Waals surface area contributed by atoms with Gasteiger partial charge in [-0.2, -0.15) is 5.10 Å². The molecular formula is C20H16FN3O7. The Hall–Kier alpha value is -4.28. The third-order valence-electron chi connectivity index (χ3n) is 4.35. The number of hydrogen-bond donors (Lipinski definition) is 0. The minimum atomic E-state index is -1.05. The monoisotopic (exact) mass is 429 g/mol. The second-order valence-corrected chi connectivity index (χ2v) is 6.07. The van der Waals surface area contributed by atoms with Gasteiger partial charge in [0.25, 0.3) is 0 Å². The van der Waals surface area contributed by atoms with Crippen molar-refractivity contribution < 1.29 is 33.1 Å². The highest BCUT2D eigenvalue weighted by Gasteiger charge is 2.33. The lowest BCUT2D eigenvalue weighted by Crippen LogP contribution is -2.15. The predicted octanol–water partition coefficient (Wildman–Crippen LogP) is 3.17. The molecule has 0 spiro atoms. The summed E-state index contributed by atoms with van der Waals surface area (Å²) >= 11 is 0. The van der Waals surface area contributed by atoms with Crippen molar-refractivity contribution in [1.82, 2.24) is 9.78 Å². The molecule has 0 N–H and O–H groups in total. The van der Waals surface area contributed by atoms with E-state index >= 15 is 0 Å². The number of halogens is 1. The summed E-state index contributed by atoms with van der Waals surface area (Å²) in [6.45, 7) is 0. The average Bonchev–Trinajstić information content (AvgIpc) is 3.18. The summed E-state index contributed by atoms with van der Waals surface area (Å²) in [5.41, 5.74) is -1.25. The maximum atomic E-state index is 14.6. The van der Waals surface area contributed by atoms with Gasteiger partial charge < -0.3 is 14.2 Å². The third-order valence-corrected chi connectivity index (χ3v) is 4.35. The first-order chi connectivity index (χ1) is 14.8. The summed E-state index contributed by atoms with van der Waals surface area (Å²) in [5, 5.41) is 15.7. The van der Waals surface area contributed by atoms with E-state index in [1.807, 2.05) is 0 Å². The van der Waals surface area contributed by atoms with E-state index in [1.165, 1.54) is 0 Å². The van der Waals surface area contributed by atoms with Crippen molar-refractivity contribution in [1.29, 1.82) is 0 Å². The number of esters is 2. The molecule has 1 aromatic heterocycles. The second-order valence-electron chi connectivity index (χ2n) is 6.07. The van der Waals surface area contributed by atoms with E-state index in [-0.39, 0.29) is 22.5 Å².